The summed E-state index contributed by atoms with van der Waals surface area (Å²) in [6, 6.07) is 6.69. The molecule has 20 heavy (non-hydrogen) atoms. The molecule has 0 spiro atoms. The second-order valence-electron chi connectivity index (χ2n) is 5.22. The normalized spacial score (nSPS) is 22.6. The van der Waals surface area contributed by atoms with Crippen molar-refractivity contribution in [3.05, 3.63) is 29.8 Å². The second-order valence-corrected chi connectivity index (χ2v) is 7.16. The zero-order valence-corrected chi connectivity index (χ0v) is 12.8. The van der Waals surface area contributed by atoms with Crippen molar-refractivity contribution in [3.8, 4) is 0 Å². The minimum absolute atomic E-state index is 0.0184. The molecule has 1 aromatic rings. The first-order valence-electron chi connectivity index (χ1n) is 6.83. The third-order valence-electron chi connectivity index (χ3n) is 3.70. The molecule has 0 bridgehead atoms. The van der Waals surface area contributed by atoms with Gasteiger partial charge >= 0.3 is 0 Å². The molecule has 5 nitrogen and oxygen atoms in total. The van der Waals surface area contributed by atoms with E-state index in [4.69, 9.17) is 10.5 Å². The van der Waals surface area contributed by atoms with E-state index in [9.17, 15) is 8.42 Å². The van der Waals surface area contributed by atoms with Gasteiger partial charge in [-0.15, -0.1) is 0 Å². The van der Waals surface area contributed by atoms with Crippen LogP contribution in [0, 0.1) is 0 Å². The van der Waals surface area contributed by atoms with Gasteiger partial charge in [-0.1, -0.05) is 12.1 Å². The van der Waals surface area contributed by atoms with Crippen LogP contribution in [0.25, 0.3) is 0 Å². The van der Waals surface area contributed by atoms with Crippen LogP contribution in [0.2, 0.25) is 0 Å². The first-order valence-corrected chi connectivity index (χ1v) is 8.27. The van der Waals surface area contributed by atoms with Crippen molar-refractivity contribution in [2.24, 2.45) is 5.73 Å². The van der Waals surface area contributed by atoms with Crippen LogP contribution in [0.1, 0.15) is 31.4 Å². The maximum atomic E-state index is 12.7. The van der Waals surface area contributed by atoms with E-state index < -0.39 is 10.0 Å². The van der Waals surface area contributed by atoms with Gasteiger partial charge < -0.3 is 10.5 Å². The van der Waals surface area contributed by atoms with Gasteiger partial charge in [0.1, 0.15) is 0 Å². The molecule has 112 valence electrons. The van der Waals surface area contributed by atoms with E-state index in [1.807, 2.05) is 13.0 Å². The van der Waals surface area contributed by atoms with Crippen molar-refractivity contribution in [1.29, 1.82) is 0 Å². The van der Waals surface area contributed by atoms with Crippen LogP contribution >= 0.6 is 0 Å². The highest BCUT2D eigenvalue weighted by atomic mass is 32.2. The fourth-order valence-corrected chi connectivity index (χ4v) is 3.99. The molecule has 2 atom stereocenters. The molecule has 0 amide bonds. The van der Waals surface area contributed by atoms with Gasteiger partial charge in [-0.05, 0) is 37.5 Å². The topological polar surface area (TPSA) is 72.6 Å². The third kappa shape index (κ3) is 3.20. The molecule has 1 aliphatic heterocycles. The molecule has 0 saturated carbocycles. The van der Waals surface area contributed by atoms with Crippen LogP contribution in [0.3, 0.4) is 0 Å². The first-order chi connectivity index (χ1) is 9.45. The Bertz CT molecular complexity index is 557. The number of piperidine rings is 1. The van der Waals surface area contributed by atoms with Crippen LogP contribution in [0.5, 0.6) is 0 Å². The van der Waals surface area contributed by atoms with Crippen molar-refractivity contribution in [1.82, 2.24) is 4.31 Å². The largest absolute Gasteiger partial charge is 0.380 e. The molecule has 1 aromatic carbocycles. The van der Waals surface area contributed by atoms with Gasteiger partial charge in [0.05, 0.1) is 11.0 Å². The molecule has 1 heterocycles. The average Bonchev–Trinajstić information content (AvgIpc) is 2.47. The van der Waals surface area contributed by atoms with E-state index in [0.29, 0.717) is 18.0 Å². The average molecular weight is 298 g/mol. The van der Waals surface area contributed by atoms with Gasteiger partial charge in [-0.3, -0.25) is 0 Å². The summed E-state index contributed by atoms with van der Waals surface area (Å²) in [4.78, 5) is 0.309. The summed E-state index contributed by atoms with van der Waals surface area (Å²) in [6.45, 7) is 2.80. The van der Waals surface area contributed by atoms with Crippen LogP contribution in [-0.2, 0) is 14.8 Å². The molecule has 6 heteroatoms. The monoisotopic (exact) mass is 298 g/mol. The number of rotatable bonds is 4. The maximum Gasteiger partial charge on any atom is 0.243 e. The van der Waals surface area contributed by atoms with Crippen LogP contribution in [-0.4, -0.2) is 39.0 Å². The zero-order chi connectivity index (χ0) is 14.8. The molecule has 2 N–H and O–H groups in total. The Labute approximate surface area is 120 Å². The molecule has 1 aliphatic rings. The SMILES string of the molecule is COC1CCCN(S(=O)(=O)c2cccc(C(C)N)c2)C1. The van der Waals surface area contributed by atoms with Crippen molar-refractivity contribution in [3.63, 3.8) is 0 Å². The number of benzene rings is 1. The predicted octanol–water partition coefficient (Wildman–Crippen LogP) is 1.51. The van der Waals surface area contributed by atoms with Gasteiger partial charge in [0.15, 0.2) is 0 Å². The summed E-state index contributed by atoms with van der Waals surface area (Å²) in [5, 5.41) is 0. The van der Waals surface area contributed by atoms with E-state index in [2.05, 4.69) is 0 Å². The van der Waals surface area contributed by atoms with E-state index in [0.717, 1.165) is 18.4 Å². The third-order valence-corrected chi connectivity index (χ3v) is 5.56. The predicted molar refractivity (Wildman–Crippen MR) is 77.8 cm³/mol. The quantitative estimate of drug-likeness (QED) is 0.914. The summed E-state index contributed by atoms with van der Waals surface area (Å²) in [5.41, 5.74) is 6.64. The lowest BCUT2D eigenvalue weighted by atomic mass is 10.1. The van der Waals surface area contributed by atoms with Crippen LogP contribution < -0.4 is 5.73 Å². The number of methoxy groups -OCH3 is 1. The summed E-state index contributed by atoms with van der Waals surface area (Å²) in [7, 11) is -1.84. The van der Waals surface area contributed by atoms with Crippen LogP contribution in [0.4, 0.5) is 0 Å². The molecule has 0 aromatic heterocycles. The fourth-order valence-electron chi connectivity index (χ4n) is 2.42. The smallest absolute Gasteiger partial charge is 0.243 e. The lowest BCUT2D eigenvalue weighted by Crippen LogP contribution is -2.42. The summed E-state index contributed by atoms with van der Waals surface area (Å²) in [6.07, 6.45) is 1.71. The fraction of sp³-hybridized carbons (Fsp3) is 0.571. The molecule has 0 aliphatic carbocycles. The highest BCUT2D eigenvalue weighted by Crippen LogP contribution is 2.23. The molecular weight excluding hydrogens is 276 g/mol. The summed E-state index contributed by atoms with van der Waals surface area (Å²) < 4.78 is 32.1. The Hall–Kier alpha value is -0.950. The Morgan fingerprint density at radius 1 is 1.45 bits per heavy atom. The summed E-state index contributed by atoms with van der Waals surface area (Å²) in [5.74, 6) is 0. The number of ether oxygens (including phenoxy) is 1. The van der Waals surface area contributed by atoms with E-state index in [1.165, 1.54) is 4.31 Å². The number of nitrogens with zero attached hydrogens (tertiary/aromatic N) is 1. The first kappa shape index (κ1) is 15.4. The highest BCUT2D eigenvalue weighted by molar-refractivity contribution is 7.89. The van der Waals surface area contributed by atoms with Crippen molar-refractivity contribution in [2.45, 2.75) is 36.8 Å². The van der Waals surface area contributed by atoms with Crippen LogP contribution in [0.15, 0.2) is 29.2 Å². The minimum atomic E-state index is -3.46. The molecule has 1 saturated heterocycles. The van der Waals surface area contributed by atoms with Gasteiger partial charge in [-0.2, -0.15) is 4.31 Å². The number of hydrogen-bond donors (Lipinski definition) is 1. The van der Waals surface area contributed by atoms with E-state index in [-0.39, 0.29) is 12.1 Å². The Balaban J connectivity index is 2.28. The number of hydrogen-bond acceptors (Lipinski definition) is 4. The second kappa shape index (κ2) is 6.22. The van der Waals surface area contributed by atoms with Gasteiger partial charge in [-0.25, -0.2) is 8.42 Å². The highest BCUT2D eigenvalue weighted by Gasteiger charge is 2.30. The van der Waals surface area contributed by atoms with Crippen molar-refractivity contribution < 1.29 is 13.2 Å². The molecule has 2 rings (SSSR count). The van der Waals surface area contributed by atoms with Gasteiger partial charge in [0.25, 0.3) is 0 Å². The van der Waals surface area contributed by atoms with Gasteiger partial charge in [0.2, 0.25) is 10.0 Å². The van der Waals surface area contributed by atoms with Gasteiger partial charge in [0, 0.05) is 26.2 Å². The minimum Gasteiger partial charge on any atom is -0.380 e. The molecular formula is C14H22N2O3S. The maximum absolute atomic E-state index is 12.7. The molecule has 1 fully saturated rings. The van der Waals surface area contributed by atoms with E-state index in [1.54, 1.807) is 25.3 Å². The lowest BCUT2D eigenvalue weighted by molar-refractivity contribution is 0.0572. The summed E-state index contributed by atoms with van der Waals surface area (Å²) >= 11 is 0. The molecule has 0 radical (unpaired) electrons. The zero-order valence-electron chi connectivity index (χ0n) is 12.0. The Morgan fingerprint density at radius 2 is 2.20 bits per heavy atom. The van der Waals surface area contributed by atoms with Crippen molar-refractivity contribution in [2.75, 3.05) is 20.2 Å². The standard InChI is InChI=1S/C14H22N2O3S/c1-11(15)12-5-3-7-14(9-12)20(17,18)16-8-4-6-13(10-16)19-2/h3,5,7,9,11,13H,4,6,8,10,15H2,1-2H3. The number of nitrogens with two attached hydrogens (primary N) is 1. The Morgan fingerprint density at radius 3 is 2.85 bits per heavy atom. The Kier molecular flexibility index (Phi) is 4.80. The molecule has 2 unspecified atom stereocenters. The van der Waals surface area contributed by atoms with Crippen molar-refractivity contribution >= 4 is 10.0 Å². The number of sulfonamides is 1. The van der Waals surface area contributed by atoms with E-state index >= 15 is 0 Å². The lowest BCUT2D eigenvalue weighted by Gasteiger charge is -2.31.